The van der Waals surface area contributed by atoms with Crippen LogP contribution in [0.25, 0.3) is 0 Å². The minimum absolute atomic E-state index is 0.483. The average molecular weight is 184 g/mol. The summed E-state index contributed by atoms with van der Waals surface area (Å²) in [5.41, 5.74) is 0.483. The fourth-order valence-electron chi connectivity index (χ4n) is 1.87. The number of hydrogen-bond donors (Lipinski definition) is 1. The van der Waals surface area contributed by atoms with Gasteiger partial charge in [0, 0.05) is 32.2 Å². The van der Waals surface area contributed by atoms with Gasteiger partial charge in [0.2, 0.25) is 0 Å². The van der Waals surface area contributed by atoms with E-state index in [1.54, 1.807) is 0 Å². The Hall–Kier alpha value is -0.0800. The van der Waals surface area contributed by atoms with Crippen LogP contribution in [0.4, 0.5) is 0 Å². The van der Waals surface area contributed by atoms with Gasteiger partial charge in [-0.15, -0.1) is 0 Å². The molecule has 0 bridgehead atoms. The topological polar surface area (TPSA) is 15.3 Å². The highest BCUT2D eigenvalue weighted by Gasteiger charge is 2.22. The number of rotatable bonds is 3. The number of nitrogens with one attached hydrogen (secondary N) is 1. The van der Waals surface area contributed by atoms with Crippen LogP contribution in [0.2, 0.25) is 0 Å². The molecule has 1 heterocycles. The lowest BCUT2D eigenvalue weighted by Crippen LogP contribution is -2.51. The molecule has 2 heteroatoms. The summed E-state index contributed by atoms with van der Waals surface area (Å²) in [4.78, 5) is 2.59. The Labute approximate surface area is 82.7 Å². The third-order valence-electron chi connectivity index (χ3n) is 3.06. The van der Waals surface area contributed by atoms with E-state index in [9.17, 15) is 0 Å². The third kappa shape index (κ3) is 3.65. The molecular weight excluding hydrogens is 160 g/mol. The molecule has 1 saturated heterocycles. The van der Waals surface area contributed by atoms with Crippen molar-refractivity contribution in [1.29, 1.82) is 0 Å². The molecule has 2 nitrogen and oxygen atoms in total. The van der Waals surface area contributed by atoms with Crippen LogP contribution in [0.15, 0.2) is 0 Å². The quantitative estimate of drug-likeness (QED) is 0.718. The molecule has 0 aromatic carbocycles. The molecule has 78 valence electrons. The van der Waals surface area contributed by atoms with Gasteiger partial charge in [0.05, 0.1) is 0 Å². The summed E-state index contributed by atoms with van der Waals surface area (Å²) in [5.74, 6) is 0. The molecule has 1 fully saturated rings. The second-order valence-electron chi connectivity index (χ2n) is 5.11. The maximum Gasteiger partial charge on any atom is 0.0167 e. The van der Waals surface area contributed by atoms with Gasteiger partial charge < -0.3 is 10.2 Å². The molecule has 0 amide bonds. The normalized spacial score (nSPS) is 26.3. The van der Waals surface area contributed by atoms with Crippen LogP contribution >= 0.6 is 0 Å². The first-order chi connectivity index (χ1) is 6.03. The zero-order chi connectivity index (χ0) is 9.90. The highest BCUT2D eigenvalue weighted by Crippen LogP contribution is 2.21. The molecule has 0 saturated carbocycles. The summed E-state index contributed by atoms with van der Waals surface area (Å²) >= 11 is 0. The lowest BCUT2D eigenvalue weighted by atomic mass is 9.89. The van der Waals surface area contributed by atoms with Gasteiger partial charge in [0.1, 0.15) is 0 Å². The fourth-order valence-corrected chi connectivity index (χ4v) is 1.87. The Balaban J connectivity index is 2.35. The first-order valence-corrected chi connectivity index (χ1v) is 5.49. The van der Waals surface area contributed by atoms with E-state index in [0.29, 0.717) is 11.5 Å². The van der Waals surface area contributed by atoms with Gasteiger partial charge in [-0.2, -0.15) is 0 Å². The molecule has 13 heavy (non-hydrogen) atoms. The molecule has 0 aromatic heterocycles. The molecular formula is C11H24N2. The number of piperazine rings is 1. The van der Waals surface area contributed by atoms with Crippen LogP contribution in [0, 0.1) is 5.41 Å². The van der Waals surface area contributed by atoms with E-state index in [-0.39, 0.29) is 0 Å². The van der Waals surface area contributed by atoms with Crippen LogP contribution in [0.5, 0.6) is 0 Å². The lowest BCUT2D eigenvalue weighted by molar-refractivity contribution is 0.138. The SMILES string of the molecule is CCC(C)(C)CN1CCN[C@@H](C)C1. The summed E-state index contributed by atoms with van der Waals surface area (Å²) in [6, 6.07) is 0.668. The molecule has 1 aliphatic rings. The van der Waals surface area contributed by atoms with E-state index in [2.05, 4.69) is 37.9 Å². The van der Waals surface area contributed by atoms with Crippen molar-refractivity contribution >= 4 is 0 Å². The zero-order valence-electron chi connectivity index (χ0n) is 9.56. The standard InChI is InChI=1S/C11H24N2/c1-5-11(3,4)9-13-7-6-12-10(2)8-13/h10,12H,5-9H2,1-4H3/t10-/m0/s1. The van der Waals surface area contributed by atoms with Crippen LogP contribution in [0.3, 0.4) is 0 Å². The molecule has 0 radical (unpaired) electrons. The predicted octanol–water partition coefficient (Wildman–Crippen LogP) is 1.72. The molecule has 0 aliphatic carbocycles. The minimum atomic E-state index is 0.483. The monoisotopic (exact) mass is 184 g/mol. The maximum atomic E-state index is 3.47. The van der Waals surface area contributed by atoms with Gasteiger partial charge in [-0.05, 0) is 18.8 Å². The Kier molecular flexibility index (Phi) is 3.74. The van der Waals surface area contributed by atoms with Crippen molar-refractivity contribution in [2.45, 2.75) is 40.2 Å². The summed E-state index contributed by atoms with van der Waals surface area (Å²) in [7, 11) is 0. The van der Waals surface area contributed by atoms with Crippen molar-refractivity contribution in [3.63, 3.8) is 0 Å². The molecule has 1 aliphatic heterocycles. The van der Waals surface area contributed by atoms with E-state index < -0.39 is 0 Å². The first-order valence-electron chi connectivity index (χ1n) is 5.49. The summed E-state index contributed by atoms with van der Waals surface area (Å²) in [6.45, 7) is 14.1. The van der Waals surface area contributed by atoms with Crippen LogP contribution in [0.1, 0.15) is 34.1 Å². The summed E-state index contributed by atoms with van der Waals surface area (Å²) in [6.07, 6.45) is 1.27. The lowest BCUT2D eigenvalue weighted by Gasteiger charge is -2.37. The van der Waals surface area contributed by atoms with E-state index in [0.717, 1.165) is 6.54 Å². The number of nitrogens with zero attached hydrogens (tertiary/aromatic N) is 1. The van der Waals surface area contributed by atoms with Crippen molar-refractivity contribution in [1.82, 2.24) is 10.2 Å². The van der Waals surface area contributed by atoms with Gasteiger partial charge in [-0.1, -0.05) is 20.8 Å². The van der Waals surface area contributed by atoms with E-state index in [1.165, 1.54) is 26.1 Å². The van der Waals surface area contributed by atoms with E-state index in [1.807, 2.05) is 0 Å². The second-order valence-corrected chi connectivity index (χ2v) is 5.11. The predicted molar refractivity (Wildman–Crippen MR) is 58.0 cm³/mol. The van der Waals surface area contributed by atoms with Gasteiger partial charge >= 0.3 is 0 Å². The van der Waals surface area contributed by atoms with Crippen molar-refractivity contribution in [3.8, 4) is 0 Å². The van der Waals surface area contributed by atoms with Crippen molar-refractivity contribution in [2.75, 3.05) is 26.2 Å². The fraction of sp³-hybridized carbons (Fsp3) is 1.00. The molecule has 1 N–H and O–H groups in total. The third-order valence-corrected chi connectivity index (χ3v) is 3.06. The minimum Gasteiger partial charge on any atom is -0.312 e. The maximum absolute atomic E-state index is 3.47. The summed E-state index contributed by atoms with van der Waals surface area (Å²) in [5, 5.41) is 3.47. The Morgan fingerprint density at radius 2 is 2.15 bits per heavy atom. The Morgan fingerprint density at radius 3 is 2.69 bits per heavy atom. The first kappa shape index (κ1) is 11.0. The highest BCUT2D eigenvalue weighted by molar-refractivity contribution is 4.79. The van der Waals surface area contributed by atoms with Gasteiger partial charge in [0.25, 0.3) is 0 Å². The number of hydrogen-bond acceptors (Lipinski definition) is 2. The average Bonchev–Trinajstić information content (AvgIpc) is 2.03. The van der Waals surface area contributed by atoms with Gasteiger partial charge in [-0.3, -0.25) is 0 Å². The Morgan fingerprint density at radius 1 is 1.46 bits per heavy atom. The van der Waals surface area contributed by atoms with E-state index in [4.69, 9.17) is 0 Å². The van der Waals surface area contributed by atoms with Gasteiger partial charge in [0.15, 0.2) is 0 Å². The van der Waals surface area contributed by atoms with Crippen LogP contribution < -0.4 is 5.32 Å². The molecule has 0 aromatic rings. The summed E-state index contributed by atoms with van der Waals surface area (Å²) < 4.78 is 0. The van der Waals surface area contributed by atoms with Gasteiger partial charge in [-0.25, -0.2) is 0 Å². The largest absolute Gasteiger partial charge is 0.312 e. The highest BCUT2D eigenvalue weighted by atomic mass is 15.2. The smallest absolute Gasteiger partial charge is 0.0167 e. The van der Waals surface area contributed by atoms with Crippen molar-refractivity contribution < 1.29 is 0 Å². The van der Waals surface area contributed by atoms with E-state index >= 15 is 0 Å². The Bertz CT molecular complexity index is 154. The molecule has 0 spiro atoms. The van der Waals surface area contributed by atoms with Crippen molar-refractivity contribution in [3.05, 3.63) is 0 Å². The van der Waals surface area contributed by atoms with Crippen molar-refractivity contribution in [2.24, 2.45) is 5.41 Å². The molecule has 0 unspecified atom stereocenters. The zero-order valence-corrected chi connectivity index (χ0v) is 9.56. The second kappa shape index (κ2) is 4.43. The van der Waals surface area contributed by atoms with Crippen LogP contribution in [-0.2, 0) is 0 Å². The molecule has 1 rings (SSSR count). The van der Waals surface area contributed by atoms with Crippen LogP contribution in [-0.4, -0.2) is 37.1 Å². The molecule has 1 atom stereocenters.